The van der Waals surface area contributed by atoms with E-state index in [0.717, 1.165) is 0 Å². The predicted molar refractivity (Wildman–Crippen MR) is 45.8 cm³/mol. The molecular weight excluding hydrogens is 194 g/mol. The first-order valence-electron chi connectivity index (χ1n) is 3.07. The Morgan fingerprint density at radius 1 is 1.30 bits per heavy atom. The number of hydrogen-bond donors (Lipinski definition) is 1. The van der Waals surface area contributed by atoms with Crippen LogP contribution in [0, 0.1) is 5.92 Å². The molecule has 1 nitrogen and oxygen atoms in total. The Labute approximate surface area is 76.3 Å². The van der Waals surface area contributed by atoms with Gasteiger partial charge in [-0.3, -0.25) is 0 Å². The third-order valence-electron chi connectivity index (χ3n) is 1.21. The highest BCUT2D eigenvalue weighted by Gasteiger charge is 2.25. The first-order valence-corrected chi connectivity index (χ1v) is 4.21. The average Bonchev–Trinajstić information content (AvgIpc) is 1.60. The highest BCUT2D eigenvalue weighted by Crippen LogP contribution is 2.32. The molecule has 0 aliphatic rings. The molecule has 0 saturated carbocycles. The molecule has 4 heteroatoms. The summed E-state index contributed by atoms with van der Waals surface area (Å²) in [5.41, 5.74) is 0. The summed E-state index contributed by atoms with van der Waals surface area (Å²) < 4.78 is -1.33. The Morgan fingerprint density at radius 2 is 1.70 bits per heavy atom. The summed E-state index contributed by atoms with van der Waals surface area (Å²) in [4.78, 5) is 0. The maximum atomic E-state index is 9.21. The lowest BCUT2D eigenvalue weighted by atomic mass is 10.1. The Bertz CT molecular complexity index is 97.7. The molecule has 0 aromatic heterocycles. The van der Waals surface area contributed by atoms with Gasteiger partial charge in [-0.05, 0) is 5.92 Å². The molecule has 1 N–H and O–H groups in total. The lowest BCUT2D eigenvalue weighted by molar-refractivity contribution is 0.117. The van der Waals surface area contributed by atoms with Crippen LogP contribution in [0.25, 0.3) is 0 Å². The van der Waals surface area contributed by atoms with Crippen molar-refractivity contribution in [1.29, 1.82) is 0 Å². The first kappa shape index (κ1) is 10.8. The van der Waals surface area contributed by atoms with Gasteiger partial charge in [-0.25, -0.2) is 0 Å². The number of aliphatic hydroxyl groups is 1. The van der Waals surface area contributed by atoms with E-state index in [0.29, 0.717) is 0 Å². The van der Waals surface area contributed by atoms with Crippen LogP contribution in [0.2, 0.25) is 0 Å². The van der Waals surface area contributed by atoms with Crippen LogP contribution in [0.3, 0.4) is 0 Å². The van der Waals surface area contributed by atoms with E-state index >= 15 is 0 Å². The van der Waals surface area contributed by atoms with Gasteiger partial charge in [-0.1, -0.05) is 48.7 Å². The van der Waals surface area contributed by atoms with Crippen molar-refractivity contribution >= 4 is 34.8 Å². The van der Waals surface area contributed by atoms with Crippen molar-refractivity contribution in [3.05, 3.63) is 0 Å². The van der Waals surface area contributed by atoms with Gasteiger partial charge >= 0.3 is 0 Å². The van der Waals surface area contributed by atoms with Crippen molar-refractivity contribution in [3.63, 3.8) is 0 Å². The summed E-state index contributed by atoms with van der Waals surface area (Å²) >= 11 is 16.3. The molecule has 62 valence electrons. The SMILES string of the molecule is CC(C)C(O)CC(Cl)(Cl)Cl. The van der Waals surface area contributed by atoms with Crippen molar-refractivity contribution in [1.82, 2.24) is 0 Å². The van der Waals surface area contributed by atoms with Gasteiger partial charge in [0.25, 0.3) is 0 Å². The van der Waals surface area contributed by atoms with E-state index in [1.807, 2.05) is 13.8 Å². The maximum absolute atomic E-state index is 9.21. The summed E-state index contributed by atoms with van der Waals surface area (Å²) in [6, 6.07) is 0. The second-order valence-corrected chi connectivity index (χ2v) is 5.15. The van der Waals surface area contributed by atoms with Gasteiger partial charge in [0.05, 0.1) is 6.10 Å². The smallest absolute Gasteiger partial charge is 0.193 e. The zero-order chi connectivity index (χ0) is 8.36. The molecule has 1 atom stereocenters. The molecule has 0 heterocycles. The van der Waals surface area contributed by atoms with Crippen molar-refractivity contribution < 1.29 is 5.11 Å². The fourth-order valence-electron chi connectivity index (χ4n) is 0.473. The molecular formula is C6H11Cl3O. The summed E-state index contributed by atoms with van der Waals surface area (Å²) in [6.45, 7) is 3.75. The molecule has 0 aliphatic carbocycles. The topological polar surface area (TPSA) is 20.2 Å². The van der Waals surface area contributed by atoms with Crippen LogP contribution in [0.1, 0.15) is 20.3 Å². The molecule has 0 radical (unpaired) electrons. The van der Waals surface area contributed by atoms with Crippen LogP contribution in [-0.4, -0.2) is 15.0 Å². The number of alkyl halides is 3. The van der Waals surface area contributed by atoms with Crippen LogP contribution in [0.5, 0.6) is 0 Å². The number of rotatable bonds is 2. The molecule has 10 heavy (non-hydrogen) atoms. The molecule has 1 unspecified atom stereocenters. The van der Waals surface area contributed by atoms with Gasteiger partial charge in [0.15, 0.2) is 3.79 Å². The Hall–Kier alpha value is 0.830. The highest BCUT2D eigenvalue weighted by molar-refractivity contribution is 6.67. The van der Waals surface area contributed by atoms with Gasteiger partial charge in [-0.15, -0.1) is 0 Å². The quantitative estimate of drug-likeness (QED) is 0.688. The minimum atomic E-state index is -1.33. The van der Waals surface area contributed by atoms with Gasteiger partial charge in [0.2, 0.25) is 0 Å². The number of aliphatic hydroxyl groups excluding tert-OH is 1. The second-order valence-electron chi connectivity index (χ2n) is 2.63. The van der Waals surface area contributed by atoms with Gasteiger partial charge < -0.3 is 5.11 Å². The average molecular weight is 206 g/mol. The fourth-order valence-corrected chi connectivity index (χ4v) is 0.947. The van der Waals surface area contributed by atoms with E-state index in [9.17, 15) is 5.11 Å². The monoisotopic (exact) mass is 204 g/mol. The van der Waals surface area contributed by atoms with Gasteiger partial charge in [0.1, 0.15) is 0 Å². The second kappa shape index (κ2) is 4.01. The zero-order valence-electron chi connectivity index (χ0n) is 5.94. The standard InChI is InChI=1S/C6H11Cl3O/c1-4(2)5(10)3-6(7,8)9/h4-5,10H,3H2,1-2H3. The molecule has 0 saturated heterocycles. The van der Waals surface area contributed by atoms with Crippen LogP contribution in [0.4, 0.5) is 0 Å². The first-order chi connectivity index (χ1) is 4.33. The number of hydrogen-bond acceptors (Lipinski definition) is 1. The van der Waals surface area contributed by atoms with Crippen LogP contribution in [0.15, 0.2) is 0 Å². The predicted octanol–water partition coefficient (Wildman–Crippen LogP) is 2.76. The Kier molecular flexibility index (Phi) is 4.34. The minimum absolute atomic E-state index is 0.135. The maximum Gasteiger partial charge on any atom is 0.193 e. The van der Waals surface area contributed by atoms with E-state index in [4.69, 9.17) is 34.8 Å². The third-order valence-corrected chi connectivity index (χ3v) is 1.67. The molecule has 0 aromatic rings. The molecule has 0 aromatic carbocycles. The zero-order valence-corrected chi connectivity index (χ0v) is 8.21. The van der Waals surface area contributed by atoms with E-state index < -0.39 is 9.90 Å². The fraction of sp³-hybridized carbons (Fsp3) is 1.00. The molecule has 0 bridgehead atoms. The molecule has 0 fully saturated rings. The molecule has 0 rings (SSSR count). The molecule has 0 spiro atoms. The summed E-state index contributed by atoms with van der Waals surface area (Å²) in [6.07, 6.45) is -0.345. The van der Waals surface area contributed by atoms with Crippen molar-refractivity contribution in [2.24, 2.45) is 5.92 Å². The molecule has 0 amide bonds. The Balaban J connectivity index is 3.68. The third kappa shape index (κ3) is 5.60. The van der Waals surface area contributed by atoms with Crippen LogP contribution in [-0.2, 0) is 0 Å². The Morgan fingerprint density at radius 3 is 1.80 bits per heavy atom. The van der Waals surface area contributed by atoms with Crippen molar-refractivity contribution in [3.8, 4) is 0 Å². The number of halogens is 3. The van der Waals surface area contributed by atoms with Crippen molar-refractivity contribution in [2.75, 3.05) is 0 Å². The lowest BCUT2D eigenvalue weighted by Crippen LogP contribution is -2.21. The van der Waals surface area contributed by atoms with Crippen LogP contribution < -0.4 is 0 Å². The van der Waals surface area contributed by atoms with E-state index in [2.05, 4.69) is 0 Å². The van der Waals surface area contributed by atoms with E-state index in [-0.39, 0.29) is 12.3 Å². The summed E-state index contributed by atoms with van der Waals surface area (Å²) in [5.74, 6) is 0.135. The lowest BCUT2D eigenvalue weighted by Gasteiger charge is -2.18. The van der Waals surface area contributed by atoms with Gasteiger partial charge in [0, 0.05) is 6.42 Å². The summed E-state index contributed by atoms with van der Waals surface area (Å²) in [7, 11) is 0. The molecule has 0 aliphatic heterocycles. The van der Waals surface area contributed by atoms with E-state index in [1.165, 1.54) is 0 Å². The van der Waals surface area contributed by atoms with Gasteiger partial charge in [-0.2, -0.15) is 0 Å². The van der Waals surface area contributed by atoms with E-state index in [1.54, 1.807) is 0 Å². The minimum Gasteiger partial charge on any atom is -0.393 e. The van der Waals surface area contributed by atoms with Crippen LogP contribution >= 0.6 is 34.8 Å². The van der Waals surface area contributed by atoms with Crippen molar-refractivity contribution in [2.45, 2.75) is 30.2 Å². The summed E-state index contributed by atoms with van der Waals surface area (Å²) in [5, 5.41) is 9.21. The highest BCUT2D eigenvalue weighted by atomic mass is 35.6. The largest absolute Gasteiger partial charge is 0.393 e. The normalized spacial score (nSPS) is 15.9.